The summed E-state index contributed by atoms with van der Waals surface area (Å²) in [6, 6.07) is 10.2. The zero-order chi connectivity index (χ0) is 26.8. The number of carbonyl (C=O) groups excluding carboxylic acids is 2. The Morgan fingerprint density at radius 1 is 1.27 bits per heavy atom. The molecule has 1 aromatic heterocycles. The third kappa shape index (κ3) is 9.28. The molecular weight excluding hydrogens is 521 g/mol. The fourth-order valence-electron chi connectivity index (χ4n) is 3.79. The number of ether oxygens (including phenoxy) is 1. The summed E-state index contributed by atoms with van der Waals surface area (Å²) >= 11 is 11.9. The molecule has 1 aliphatic heterocycles. The highest BCUT2D eigenvalue weighted by molar-refractivity contribution is 6.35. The summed E-state index contributed by atoms with van der Waals surface area (Å²) in [5.41, 5.74) is 1.13. The van der Waals surface area contributed by atoms with Crippen LogP contribution in [-0.2, 0) is 16.1 Å². The minimum atomic E-state index is -0.812. The zero-order valence-electron chi connectivity index (χ0n) is 20.4. The first-order chi connectivity index (χ1) is 17.7. The Bertz CT molecular complexity index is 1090. The van der Waals surface area contributed by atoms with Crippen LogP contribution in [0.4, 0.5) is 10.5 Å². The number of urea groups is 1. The molecule has 0 spiro atoms. The van der Waals surface area contributed by atoms with Crippen molar-refractivity contribution in [2.24, 2.45) is 0 Å². The summed E-state index contributed by atoms with van der Waals surface area (Å²) in [6.45, 7) is 3.97. The number of likely N-dealkylation sites (tertiary alicyclic amines) is 1. The number of nitrogens with zero attached hydrogens (tertiary/aromatic N) is 2. The fourth-order valence-corrected chi connectivity index (χ4v) is 4.21. The molecule has 4 N–H and O–H groups in total. The van der Waals surface area contributed by atoms with Crippen LogP contribution in [-0.4, -0.2) is 64.7 Å². The van der Waals surface area contributed by atoms with Crippen molar-refractivity contribution in [2.45, 2.75) is 51.3 Å². The van der Waals surface area contributed by atoms with Crippen LogP contribution in [0.2, 0.25) is 10.0 Å². The molecule has 0 radical (unpaired) electrons. The largest absolute Gasteiger partial charge is 0.481 e. The summed E-state index contributed by atoms with van der Waals surface area (Å²) in [5.74, 6) is -1.03. The van der Waals surface area contributed by atoms with E-state index in [4.69, 9.17) is 33.0 Å². The first-order valence-electron chi connectivity index (χ1n) is 11.9. The van der Waals surface area contributed by atoms with Gasteiger partial charge in [-0.05, 0) is 49.1 Å². The van der Waals surface area contributed by atoms with E-state index in [1.54, 1.807) is 19.1 Å². The van der Waals surface area contributed by atoms with Crippen molar-refractivity contribution < 1.29 is 24.2 Å². The van der Waals surface area contributed by atoms with Crippen LogP contribution in [0, 0.1) is 12.1 Å². The fraction of sp³-hybridized carbons (Fsp3) is 0.440. The number of nitrogens with one attached hydrogen (secondary N) is 3. The summed E-state index contributed by atoms with van der Waals surface area (Å²) in [6.07, 6.45) is 2.58. The van der Waals surface area contributed by atoms with Crippen molar-refractivity contribution in [2.75, 3.05) is 25.0 Å². The van der Waals surface area contributed by atoms with Gasteiger partial charge in [0.15, 0.2) is 6.10 Å². The third-order valence-corrected chi connectivity index (χ3v) is 6.24. The Hall–Kier alpha value is -3.26. The van der Waals surface area contributed by atoms with E-state index in [0.717, 1.165) is 25.9 Å². The minimum absolute atomic E-state index is 0.00198. The molecule has 3 rings (SSSR count). The number of pyridine rings is 1. The Balaban J connectivity index is 1.45. The molecule has 10 nitrogen and oxygen atoms in total. The molecule has 1 aliphatic rings. The van der Waals surface area contributed by atoms with E-state index in [1.165, 1.54) is 12.3 Å². The second kappa shape index (κ2) is 13.9. The molecule has 198 valence electrons. The quantitative estimate of drug-likeness (QED) is 0.337. The number of aromatic nitrogens is 1. The second-order valence-corrected chi connectivity index (χ2v) is 9.42. The molecule has 2 heterocycles. The predicted molar refractivity (Wildman–Crippen MR) is 139 cm³/mol. The van der Waals surface area contributed by atoms with Crippen molar-refractivity contribution in [1.82, 2.24) is 20.5 Å². The SMILES string of the molecule is CCC(Oc1ncc(Cl)cc1Cl)C(=O)NCc1cc#cc(NC(=O)NC2CCN(CCC(=O)O)CC2)c1. The Kier molecular flexibility index (Phi) is 10.6. The van der Waals surface area contributed by atoms with Crippen molar-refractivity contribution in [3.8, 4) is 5.88 Å². The van der Waals surface area contributed by atoms with Gasteiger partial charge in [-0.2, -0.15) is 0 Å². The van der Waals surface area contributed by atoms with Crippen LogP contribution >= 0.6 is 23.2 Å². The van der Waals surface area contributed by atoms with Crippen molar-refractivity contribution in [1.29, 1.82) is 0 Å². The lowest BCUT2D eigenvalue weighted by atomic mass is 10.1. The number of anilines is 1. The molecule has 37 heavy (non-hydrogen) atoms. The van der Waals surface area contributed by atoms with Gasteiger partial charge in [0.05, 0.1) is 17.1 Å². The molecular formula is C25H29Cl2N5O5. The van der Waals surface area contributed by atoms with E-state index in [9.17, 15) is 14.4 Å². The van der Waals surface area contributed by atoms with E-state index >= 15 is 0 Å². The number of carboxylic acids is 1. The highest BCUT2D eigenvalue weighted by Crippen LogP contribution is 2.26. The topological polar surface area (TPSA) is 133 Å². The van der Waals surface area contributed by atoms with Gasteiger partial charge in [0.2, 0.25) is 5.88 Å². The van der Waals surface area contributed by atoms with E-state index in [0.29, 0.717) is 29.2 Å². The van der Waals surface area contributed by atoms with Crippen LogP contribution in [0.5, 0.6) is 5.88 Å². The maximum atomic E-state index is 12.6. The Labute approximate surface area is 225 Å². The van der Waals surface area contributed by atoms with Gasteiger partial charge in [-0.3, -0.25) is 9.59 Å². The van der Waals surface area contributed by atoms with Gasteiger partial charge in [-0.1, -0.05) is 36.2 Å². The van der Waals surface area contributed by atoms with Gasteiger partial charge < -0.3 is 30.7 Å². The molecule has 0 bridgehead atoms. The van der Waals surface area contributed by atoms with E-state index < -0.39 is 12.1 Å². The molecule has 0 saturated carbocycles. The zero-order valence-corrected chi connectivity index (χ0v) is 21.9. The monoisotopic (exact) mass is 549 g/mol. The maximum Gasteiger partial charge on any atom is 0.319 e. The molecule has 0 aliphatic carbocycles. The lowest BCUT2D eigenvalue weighted by Crippen LogP contribution is -2.46. The standard InChI is InChI=1S/C25H29Cl2N5O5/c1-2-21(37-24-20(27)13-17(26)15-29-24)23(35)28-14-16-4-3-5-19(12-16)31-25(36)30-18-6-9-32(10-7-18)11-8-22(33)34/h4,12-13,15,18,21H,2,6-11,14H2,1H3,(H,28,35)(H,33,34)(H2,30,31,36). The molecule has 1 atom stereocenters. The van der Waals surface area contributed by atoms with Gasteiger partial charge in [0, 0.05) is 38.4 Å². The molecule has 1 fully saturated rings. The van der Waals surface area contributed by atoms with Gasteiger partial charge in [0.25, 0.3) is 5.91 Å². The van der Waals surface area contributed by atoms with Crippen LogP contribution in [0.3, 0.4) is 0 Å². The molecule has 2 aromatic rings. The van der Waals surface area contributed by atoms with Gasteiger partial charge in [-0.15, -0.1) is 0 Å². The smallest absolute Gasteiger partial charge is 0.319 e. The Morgan fingerprint density at radius 3 is 2.70 bits per heavy atom. The number of carboxylic acid groups (broad SMARTS) is 1. The van der Waals surface area contributed by atoms with Crippen molar-refractivity contribution >= 4 is 46.8 Å². The number of amides is 3. The Morgan fingerprint density at radius 2 is 2.03 bits per heavy atom. The molecule has 1 unspecified atom stereocenters. The second-order valence-electron chi connectivity index (χ2n) is 8.58. The molecule has 3 amide bonds. The van der Waals surface area contributed by atoms with Crippen LogP contribution < -0.4 is 20.7 Å². The molecule has 12 heteroatoms. The minimum Gasteiger partial charge on any atom is -0.481 e. The summed E-state index contributed by atoms with van der Waals surface area (Å²) in [5, 5.41) is 17.9. The van der Waals surface area contributed by atoms with Crippen LogP contribution in [0.25, 0.3) is 0 Å². The lowest BCUT2D eigenvalue weighted by Gasteiger charge is -2.31. The molecule has 1 saturated heterocycles. The number of hydrogen-bond acceptors (Lipinski definition) is 6. The van der Waals surface area contributed by atoms with E-state index in [-0.39, 0.29) is 41.8 Å². The number of hydrogen-bond donors (Lipinski definition) is 4. The van der Waals surface area contributed by atoms with E-state index in [2.05, 4.69) is 38.0 Å². The average molecular weight is 550 g/mol. The first kappa shape index (κ1) is 28.3. The van der Waals surface area contributed by atoms with Crippen LogP contribution in [0.15, 0.2) is 24.4 Å². The lowest BCUT2D eigenvalue weighted by molar-refractivity contribution is -0.137. The summed E-state index contributed by atoms with van der Waals surface area (Å²) in [7, 11) is 0. The number of halogens is 2. The van der Waals surface area contributed by atoms with Crippen molar-refractivity contribution in [3.63, 3.8) is 0 Å². The van der Waals surface area contributed by atoms with Gasteiger partial charge in [-0.25, -0.2) is 9.78 Å². The highest BCUT2D eigenvalue weighted by Gasteiger charge is 2.22. The predicted octanol–water partition coefficient (Wildman–Crippen LogP) is 3.52. The van der Waals surface area contributed by atoms with Gasteiger partial charge in [0.1, 0.15) is 5.02 Å². The third-order valence-electron chi connectivity index (χ3n) is 5.76. The number of piperidine rings is 1. The normalized spacial score (nSPS) is 14.8. The summed E-state index contributed by atoms with van der Waals surface area (Å²) in [4.78, 5) is 41.9. The first-order valence-corrected chi connectivity index (χ1v) is 12.7. The van der Waals surface area contributed by atoms with Gasteiger partial charge >= 0.3 is 12.0 Å². The summed E-state index contributed by atoms with van der Waals surface area (Å²) < 4.78 is 5.66. The number of rotatable bonds is 11. The molecule has 1 aromatic carbocycles. The van der Waals surface area contributed by atoms with Crippen LogP contribution in [0.1, 0.15) is 38.2 Å². The maximum absolute atomic E-state index is 12.6. The number of aliphatic carboxylic acids is 1. The average Bonchev–Trinajstić information content (AvgIpc) is 2.86. The number of carbonyl (C=O) groups is 3. The highest BCUT2D eigenvalue weighted by atomic mass is 35.5. The van der Waals surface area contributed by atoms with Crippen molar-refractivity contribution in [3.05, 3.63) is 52.1 Å². The van der Waals surface area contributed by atoms with E-state index in [1.807, 2.05) is 0 Å².